The van der Waals surface area contributed by atoms with Gasteiger partial charge in [0.05, 0.1) is 12.7 Å². The van der Waals surface area contributed by atoms with E-state index in [0.717, 1.165) is 25.3 Å². The van der Waals surface area contributed by atoms with Crippen LogP contribution in [-0.2, 0) is 9.59 Å². The number of rotatable bonds is 8. The highest BCUT2D eigenvalue weighted by molar-refractivity contribution is 7.98. The molecule has 0 spiro atoms. The Morgan fingerprint density at radius 3 is 2.52 bits per heavy atom. The second-order valence-corrected chi connectivity index (χ2v) is 10.1. The molecule has 3 rings (SSSR count). The number of methoxy groups -OCH3 is 1. The average molecular weight is 476 g/mol. The predicted molar refractivity (Wildman–Crippen MR) is 132 cm³/mol. The number of nitrogens with zero attached hydrogens (tertiary/aromatic N) is 2. The third-order valence-corrected chi connectivity index (χ3v) is 7.33. The quantitative estimate of drug-likeness (QED) is 0.625. The number of amides is 3. The fourth-order valence-electron chi connectivity index (χ4n) is 4.78. The molecule has 1 aromatic rings. The first-order valence-electron chi connectivity index (χ1n) is 11.9. The van der Waals surface area contributed by atoms with Gasteiger partial charge in [0.15, 0.2) is 0 Å². The predicted octanol–water partition coefficient (Wildman–Crippen LogP) is 3.04. The number of ether oxygens (including phenoxy) is 1. The van der Waals surface area contributed by atoms with E-state index in [9.17, 15) is 14.4 Å². The van der Waals surface area contributed by atoms with Crippen LogP contribution in [0.25, 0.3) is 0 Å². The monoisotopic (exact) mass is 475 g/mol. The van der Waals surface area contributed by atoms with Crippen molar-refractivity contribution in [3.8, 4) is 5.75 Å². The number of para-hydroxylation sites is 1. The molecule has 1 N–H and O–H groups in total. The Balaban J connectivity index is 1.59. The first kappa shape index (κ1) is 25.4. The molecule has 2 atom stereocenters. The summed E-state index contributed by atoms with van der Waals surface area (Å²) in [6.07, 6.45) is 6.19. The van der Waals surface area contributed by atoms with Crippen molar-refractivity contribution in [3.05, 3.63) is 29.8 Å². The van der Waals surface area contributed by atoms with Gasteiger partial charge in [0.25, 0.3) is 5.91 Å². The number of likely N-dealkylation sites (tertiary alicyclic amines) is 2. The normalized spacial score (nSPS) is 20.3. The summed E-state index contributed by atoms with van der Waals surface area (Å²) in [4.78, 5) is 43.0. The Morgan fingerprint density at radius 2 is 1.85 bits per heavy atom. The van der Waals surface area contributed by atoms with E-state index in [4.69, 9.17) is 4.74 Å². The van der Waals surface area contributed by atoms with Gasteiger partial charge in [-0.2, -0.15) is 11.8 Å². The second kappa shape index (κ2) is 12.3. The van der Waals surface area contributed by atoms with Crippen LogP contribution < -0.4 is 10.1 Å². The summed E-state index contributed by atoms with van der Waals surface area (Å²) in [7, 11) is 1.53. The van der Waals surface area contributed by atoms with Crippen LogP contribution in [0.3, 0.4) is 0 Å². The summed E-state index contributed by atoms with van der Waals surface area (Å²) < 4.78 is 5.30. The number of hydrogen-bond donors (Lipinski definition) is 1. The lowest BCUT2D eigenvalue weighted by molar-refractivity contribution is -0.142. The maximum atomic E-state index is 13.3. The van der Waals surface area contributed by atoms with Gasteiger partial charge >= 0.3 is 0 Å². The van der Waals surface area contributed by atoms with Crippen LogP contribution in [0, 0.1) is 11.8 Å². The highest BCUT2D eigenvalue weighted by Crippen LogP contribution is 2.24. The van der Waals surface area contributed by atoms with E-state index in [1.54, 1.807) is 30.0 Å². The summed E-state index contributed by atoms with van der Waals surface area (Å²) in [5.74, 6) is 1.68. The van der Waals surface area contributed by atoms with Crippen LogP contribution >= 0.6 is 11.8 Å². The van der Waals surface area contributed by atoms with E-state index in [1.165, 1.54) is 13.5 Å². The van der Waals surface area contributed by atoms with Gasteiger partial charge in [0.1, 0.15) is 11.8 Å². The van der Waals surface area contributed by atoms with Gasteiger partial charge in [0.2, 0.25) is 11.8 Å². The van der Waals surface area contributed by atoms with Crippen molar-refractivity contribution < 1.29 is 19.1 Å². The molecule has 0 saturated carbocycles. The van der Waals surface area contributed by atoms with Crippen molar-refractivity contribution >= 4 is 29.5 Å². The maximum absolute atomic E-state index is 13.3. The minimum atomic E-state index is -0.593. The highest BCUT2D eigenvalue weighted by atomic mass is 32.2. The van der Waals surface area contributed by atoms with Gasteiger partial charge in [0, 0.05) is 32.1 Å². The molecule has 3 amide bonds. The van der Waals surface area contributed by atoms with Crippen LogP contribution in [0.1, 0.15) is 49.4 Å². The van der Waals surface area contributed by atoms with Gasteiger partial charge in [-0.15, -0.1) is 0 Å². The lowest BCUT2D eigenvalue weighted by Gasteiger charge is -2.38. The topological polar surface area (TPSA) is 79.0 Å². The number of nitrogens with one attached hydrogen (secondary N) is 1. The number of hydrogen-bond acceptors (Lipinski definition) is 5. The zero-order valence-corrected chi connectivity index (χ0v) is 20.9. The molecule has 2 unspecified atom stereocenters. The minimum absolute atomic E-state index is 0.00725. The summed E-state index contributed by atoms with van der Waals surface area (Å²) in [5, 5.41) is 2.93. The molecule has 0 radical (unpaired) electrons. The Kier molecular flexibility index (Phi) is 9.47. The largest absolute Gasteiger partial charge is 0.496 e. The van der Waals surface area contributed by atoms with E-state index in [2.05, 4.69) is 12.2 Å². The number of piperidine rings is 2. The molecule has 0 bridgehead atoms. The van der Waals surface area contributed by atoms with Crippen LogP contribution in [0.15, 0.2) is 24.3 Å². The number of carbonyl (C=O) groups excluding carboxylic acids is 3. The molecule has 2 saturated heterocycles. The van der Waals surface area contributed by atoms with E-state index in [-0.39, 0.29) is 23.6 Å². The molecular weight excluding hydrogens is 438 g/mol. The molecule has 8 heteroatoms. The molecule has 1 aromatic carbocycles. The molecular formula is C25H37N3O4S. The second-order valence-electron chi connectivity index (χ2n) is 9.14. The fourth-order valence-corrected chi connectivity index (χ4v) is 5.25. The van der Waals surface area contributed by atoms with Crippen molar-refractivity contribution in [3.63, 3.8) is 0 Å². The lowest BCUT2D eigenvalue weighted by Crippen LogP contribution is -2.52. The molecule has 2 fully saturated rings. The number of carbonyl (C=O) groups is 3. The third kappa shape index (κ3) is 6.65. The van der Waals surface area contributed by atoms with Gasteiger partial charge in [-0.25, -0.2) is 0 Å². The van der Waals surface area contributed by atoms with Gasteiger partial charge in [-0.1, -0.05) is 19.1 Å². The van der Waals surface area contributed by atoms with E-state index >= 15 is 0 Å². The van der Waals surface area contributed by atoms with Gasteiger partial charge < -0.3 is 19.9 Å². The van der Waals surface area contributed by atoms with Crippen molar-refractivity contribution in [1.82, 2.24) is 15.1 Å². The molecule has 0 aliphatic carbocycles. The van der Waals surface area contributed by atoms with E-state index < -0.39 is 6.04 Å². The first-order chi connectivity index (χ1) is 15.9. The Labute approximate surface area is 201 Å². The number of benzene rings is 1. The zero-order valence-electron chi connectivity index (χ0n) is 20.0. The Bertz CT molecular complexity index is 826. The minimum Gasteiger partial charge on any atom is -0.496 e. The molecule has 2 aliphatic heterocycles. The molecule has 2 heterocycles. The molecule has 7 nitrogen and oxygen atoms in total. The lowest BCUT2D eigenvalue weighted by atomic mass is 9.92. The Morgan fingerprint density at radius 1 is 1.12 bits per heavy atom. The van der Waals surface area contributed by atoms with Crippen LogP contribution in [0.5, 0.6) is 5.75 Å². The summed E-state index contributed by atoms with van der Waals surface area (Å²) in [5.41, 5.74) is 0.419. The van der Waals surface area contributed by atoms with Crippen molar-refractivity contribution in [1.29, 1.82) is 0 Å². The third-order valence-electron chi connectivity index (χ3n) is 6.69. The van der Waals surface area contributed by atoms with Crippen molar-refractivity contribution in [2.75, 3.05) is 45.3 Å². The van der Waals surface area contributed by atoms with Crippen LogP contribution in [0.2, 0.25) is 0 Å². The Hall–Kier alpha value is -2.22. The van der Waals surface area contributed by atoms with Gasteiger partial charge in [-0.3, -0.25) is 14.4 Å². The summed E-state index contributed by atoms with van der Waals surface area (Å²) >= 11 is 1.65. The summed E-state index contributed by atoms with van der Waals surface area (Å²) in [6, 6.07) is 6.43. The SMILES string of the molecule is COc1ccccc1C(=O)NC(CCSC)C(=O)N1CCC(C(=O)N2CCCC(C)C2)CC1. The fraction of sp³-hybridized carbons (Fsp3) is 0.640. The van der Waals surface area contributed by atoms with Crippen LogP contribution in [-0.4, -0.2) is 78.9 Å². The highest BCUT2D eigenvalue weighted by Gasteiger charge is 2.34. The van der Waals surface area contributed by atoms with E-state index in [0.29, 0.717) is 49.6 Å². The summed E-state index contributed by atoms with van der Waals surface area (Å²) in [6.45, 7) is 5.02. The maximum Gasteiger partial charge on any atom is 0.255 e. The van der Waals surface area contributed by atoms with Crippen molar-refractivity contribution in [2.45, 2.75) is 45.1 Å². The number of thioether (sulfide) groups is 1. The average Bonchev–Trinajstić information content (AvgIpc) is 2.85. The van der Waals surface area contributed by atoms with Gasteiger partial charge in [-0.05, 0) is 62.2 Å². The molecule has 182 valence electrons. The molecule has 2 aliphatic rings. The first-order valence-corrected chi connectivity index (χ1v) is 13.3. The molecule has 33 heavy (non-hydrogen) atoms. The standard InChI is InChI=1S/C25H37N3O4S/c1-18-7-6-13-28(17-18)24(30)19-10-14-27(15-11-19)25(31)21(12-16-33-3)26-23(29)20-8-4-5-9-22(20)32-2/h4-5,8-9,18-19,21H,6-7,10-17H2,1-3H3,(H,26,29). The molecule has 0 aromatic heterocycles. The van der Waals surface area contributed by atoms with Crippen LogP contribution in [0.4, 0.5) is 0 Å². The smallest absolute Gasteiger partial charge is 0.255 e. The van der Waals surface area contributed by atoms with Crippen molar-refractivity contribution in [2.24, 2.45) is 11.8 Å². The zero-order chi connectivity index (χ0) is 23.8. The van der Waals surface area contributed by atoms with E-state index in [1.807, 2.05) is 22.1 Å².